The van der Waals surface area contributed by atoms with Crippen LogP contribution in [0.3, 0.4) is 0 Å². The Labute approximate surface area is 468 Å². The minimum atomic E-state index is -4.64. The molecular weight excluding hydrogens is 1040 g/mol. The monoisotopic (exact) mass is 1120 g/mol. The third kappa shape index (κ3) is 11.2. The van der Waals surface area contributed by atoms with Crippen molar-refractivity contribution in [2.24, 2.45) is 11.3 Å². The van der Waals surface area contributed by atoms with E-state index in [2.05, 4.69) is 79.7 Å². The number of aromatic amines is 1. The number of nitrogens with one attached hydrogen (secondary N) is 3. The van der Waals surface area contributed by atoms with Gasteiger partial charge in [-0.2, -0.15) is 4.98 Å². The lowest BCUT2D eigenvalue weighted by atomic mass is 9.59. The van der Waals surface area contributed by atoms with E-state index in [0.29, 0.717) is 74.0 Å². The molecule has 1 amide bonds. The largest absolute Gasteiger partial charge is 0.488 e. The van der Waals surface area contributed by atoms with E-state index >= 15 is 0 Å². The number of amides is 1. The number of carbonyl (C=O) groups is 1. The van der Waals surface area contributed by atoms with Gasteiger partial charge in [-0.25, -0.2) is 13.1 Å². The first-order chi connectivity index (χ1) is 38.4. The number of anilines is 4. The van der Waals surface area contributed by atoms with E-state index in [9.17, 15) is 28.4 Å². The van der Waals surface area contributed by atoms with Crippen molar-refractivity contribution in [2.75, 3.05) is 80.8 Å². The van der Waals surface area contributed by atoms with Gasteiger partial charge in [0, 0.05) is 100 Å². The van der Waals surface area contributed by atoms with E-state index in [1.165, 1.54) is 17.7 Å². The number of hydrogen-bond acceptors (Lipinski definition) is 16. The third-order valence-electron chi connectivity index (χ3n) is 18.4. The van der Waals surface area contributed by atoms with Crippen molar-refractivity contribution < 1.29 is 42.2 Å². The summed E-state index contributed by atoms with van der Waals surface area (Å²) in [6.07, 6.45) is 11.1. The summed E-state index contributed by atoms with van der Waals surface area (Å²) in [7, 11) is -4.64. The molecule has 4 N–H and O–H groups in total. The van der Waals surface area contributed by atoms with E-state index in [4.69, 9.17) is 23.9 Å². The number of H-pyrrole nitrogens is 1. The lowest BCUT2D eigenvalue weighted by Gasteiger charge is -2.59. The molecule has 12 rings (SSSR count). The number of aliphatic hydroxyl groups is 1. The molecule has 19 nitrogen and oxygen atoms in total. The number of nitro benzene ring substituents is 1. The molecule has 2 saturated carbocycles. The molecule has 4 saturated heterocycles. The summed E-state index contributed by atoms with van der Waals surface area (Å²) in [5.41, 5.74) is 2.97. The van der Waals surface area contributed by atoms with E-state index in [1.807, 2.05) is 37.4 Å². The number of sulfonamides is 1. The van der Waals surface area contributed by atoms with Gasteiger partial charge >= 0.3 is 0 Å². The van der Waals surface area contributed by atoms with Crippen molar-refractivity contribution in [3.8, 4) is 11.6 Å². The second kappa shape index (κ2) is 21.7. The molecule has 5 aromatic rings. The molecular formula is C60H77N9O10S. The van der Waals surface area contributed by atoms with E-state index in [-0.39, 0.29) is 40.3 Å². The van der Waals surface area contributed by atoms with Crippen LogP contribution in [0.1, 0.15) is 120 Å². The number of piperazine rings is 1. The van der Waals surface area contributed by atoms with E-state index in [1.54, 1.807) is 6.07 Å². The number of para-hydroxylation sites is 1. The Hall–Kier alpha value is -6.03. The topological polar surface area (TPSA) is 217 Å². The number of ether oxygens (including phenoxy) is 4. The summed E-state index contributed by atoms with van der Waals surface area (Å²) in [5.74, 6) is 0.640. The molecule has 428 valence electrons. The van der Waals surface area contributed by atoms with Crippen molar-refractivity contribution >= 4 is 55.4 Å². The average Bonchev–Trinajstić information content (AvgIpc) is 3.55. The number of nitrogens with zero attached hydrogens (tertiary/aromatic N) is 6. The number of rotatable bonds is 13. The predicted octanol–water partition coefficient (Wildman–Crippen LogP) is 9.10. The van der Waals surface area contributed by atoms with Crippen molar-refractivity contribution in [1.29, 1.82) is 0 Å². The van der Waals surface area contributed by atoms with E-state index in [0.717, 1.165) is 120 Å². The fraction of sp³-hybridized carbons (Fsp3) is 0.567. The fourth-order valence-corrected chi connectivity index (χ4v) is 14.9. The molecule has 6 fully saturated rings. The van der Waals surface area contributed by atoms with Crippen LogP contribution >= 0.6 is 0 Å². The van der Waals surface area contributed by atoms with Gasteiger partial charge in [0.2, 0.25) is 5.88 Å². The Balaban J connectivity index is 0.805. The van der Waals surface area contributed by atoms with Crippen LogP contribution in [0.25, 0.3) is 11.0 Å². The smallest absolute Gasteiger partial charge is 0.293 e. The Morgan fingerprint density at radius 1 is 0.900 bits per heavy atom. The van der Waals surface area contributed by atoms with Crippen LogP contribution in [-0.4, -0.2) is 145 Å². The normalized spacial score (nSPS) is 26.0. The molecule has 1 spiro atoms. The van der Waals surface area contributed by atoms with Crippen LogP contribution in [0.2, 0.25) is 0 Å². The van der Waals surface area contributed by atoms with Crippen LogP contribution in [0.5, 0.6) is 11.6 Å². The first-order valence-corrected chi connectivity index (χ1v) is 30.4. The second-order valence-corrected chi connectivity index (χ2v) is 26.7. The van der Waals surface area contributed by atoms with Gasteiger partial charge in [0.05, 0.1) is 45.4 Å². The van der Waals surface area contributed by atoms with Gasteiger partial charge in [0.25, 0.3) is 21.6 Å². The maximum atomic E-state index is 14.8. The van der Waals surface area contributed by atoms with Crippen LogP contribution in [0.15, 0.2) is 83.9 Å². The maximum absolute atomic E-state index is 14.8. The molecule has 20 heteroatoms. The number of pyridine rings is 1. The van der Waals surface area contributed by atoms with Gasteiger partial charge in [0.1, 0.15) is 34.5 Å². The van der Waals surface area contributed by atoms with Gasteiger partial charge in [-0.15, -0.1) is 0 Å². The number of fused-ring (bicyclic) bond motifs is 3. The first-order valence-electron chi connectivity index (χ1n) is 29.0. The molecule has 7 heterocycles. The van der Waals surface area contributed by atoms with Gasteiger partial charge in [0.15, 0.2) is 0 Å². The van der Waals surface area contributed by atoms with Gasteiger partial charge in [-0.1, -0.05) is 18.2 Å². The number of piperidine rings is 1. The van der Waals surface area contributed by atoms with Crippen molar-refractivity contribution in [1.82, 2.24) is 24.5 Å². The highest BCUT2D eigenvalue weighted by molar-refractivity contribution is 7.90. The fourth-order valence-electron chi connectivity index (χ4n) is 13.9. The summed E-state index contributed by atoms with van der Waals surface area (Å²) in [6, 6.07) is 22.7. The Bertz CT molecular complexity index is 3210. The Morgan fingerprint density at radius 2 is 1.66 bits per heavy atom. The van der Waals surface area contributed by atoms with Crippen LogP contribution < -0.4 is 29.3 Å². The summed E-state index contributed by atoms with van der Waals surface area (Å²) in [6.45, 7) is 15.6. The molecule has 7 aliphatic rings. The van der Waals surface area contributed by atoms with Crippen LogP contribution in [-0.2, 0) is 19.5 Å². The number of hydrogen-bond donors (Lipinski definition) is 4. The lowest BCUT2D eigenvalue weighted by molar-refractivity contribution is -0.384. The van der Waals surface area contributed by atoms with Crippen molar-refractivity contribution in [3.63, 3.8) is 0 Å². The molecule has 3 atom stereocenters. The standard InChI is InChI=1S/C60H77N9O10S/c1-58(2,3)79-53-8-6-5-7-45(53)52-37-66(41-16-28-76-29-17-41)26-27-67(52)43-34-60(35-43)21-24-65(25-22-60)42-9-11-46(49(32-42)68-48-18-30-77-38-54(48)78-57-51(68)31-40-15-23-61-55(40)63-57)56(70)64-80(74,75)44-10-12-47(50(33-44)69(72)73)62-36-39-13-19-59(4,71)20-14-39/h5-12,15,23,31-33,39,41,43,48,52,54,62,71H,13-14,16-22,24-30,34-38H2,1-4H3,(H,61,63)(H,64,70)/t39?,48-,52-,54-,59?/m0/s1. The van der Waals surface area contributed by atoms with Gasteiger partial charge in [-0.3, -0.25) is 24.7 Å². The number of aromatic nitrogens is 2. The summed E-state index contributed by atoms with van der Waals surface area (Å²) >= 11 is 0. The van der Waals surface area contributed by atoms with Gasteiger partial charge in [-0.05, 0) is 158 Å². The van der Waals surface area contributed by atoms with Crippen LogP contribution in [0.4, 0.5) is 28.4 Å². The summed E-state index contributed by atoms with van der Waals surface area (Å²) in [5, 5.41) is 26.9. The average molecular weight is 1120 g/mol. The number of nitro groups is 1. The van der Waals surface area contributed by atoms with Crippen molar-refractivity contribution in [2.45, 2.75) is 145 Å². The Kier molecular flexibility index (Phi) is 14.8. The Morgan fingerprint density at radius 3 is 2.42 bits per heavy atom. The molecule has 2 aromatic heterocycles. The quantitative estimate of drug-likeness (QED) is 0.0638. The highest BCUT2D eigenvalue weighted by Crippen LogP contribution is 2.54. The SMILES string of the molecule is CC1(O)CCC(CNc2ccc(S(=O)(=O)NC(=O)c3ccc(N4CCC5(CC4)CC(N4CCN(C6CCOCC6)C[C@H]4c4ccccc4OC(C)(C)C)C5)cc3N3c4cc5cc[nH]c5nc4O[C@H]4COCC[C@@H]43)cc2[N+](=O)[O-])CC1. The minimum Gasteiger partial charge on any atom is -0.488 e. The molecule has 0 radical (unpaired) electrons. The highest BCUT2D eigenvalue weighted by Gasteiger charge is 2.51. The molecule has 3 aromatic carbocycles. The minimum absolute atomic E-state index is 0.111. The second-order valence-electron chi connectivity index (χ2n) is 25.0. The zero-order valence-corrected chi connectivity index (χ0v) is 47.3. The lowest BCUT2D eigenvalue weighted by Crippen LogP contribution is -2.61. The zero-order valence-electron chi connectivity index (χ0n) is 46.5. The zero-order chi connectivity index (χ0) is 55.6. The molecule has 0 unspecified atom stereocenters. The van der Waals surface area contributed by atoms with E-state index < -0.39 is 43.1 Å². The summed E-state index contributed by atoms with van der Waals surface area (Å²) < 4.78 is 55.8. The third-order valence-corrected chi connectivity index (χ3v) is 19.7. The van der Waals surface area contributed by atoms with Gasteiger partial charge < -0.3 is 44.2 Å². The molecule has 2 aliphatic carbocycles. The van der Waals surface area contributed by atoms with Crippen LogP contribution in [0, 0.1) is 21.4 Å². The predicted molar refractivity (Wildman–Crippen MR) is 306 cm³/mol. The number of benzene rings is 3. The molecule has 0 bridgehead atoms. The first kappa shape index (κ1) is 54.6. The van der Waals surface area contributed by atoms with Crippen molar-refractivity contribution in [3.05, 3.63) is 100 Å². The number of carbonyl (C=O) groups excluding carboxylic acids is 1. The molecule has 5 aliphatic heterocycles. The molecule has 80 heavy (non-hydrogen) atoms. The summed E-state index contributed by atoms with van der Waals surface area (Å²) in [4.78, 5) is 44.3. The maximum Gasteiger partial charge on any atom is 0.293 e. The highest BCUT2D eigenvalue weighted by atomic mass is 32.2.